The molecule has 2 rings (SSSR count). The summed E-state index contributed by atoms with van der Waals surface area (Å²) >= 11 is 0. The van der Waals surface area contributed by atoms with Crippen molar-refractivity contribution in [1.29, 1.82) is 0 Å². The molecule has 1 saturated carbocycles. The monoisotopic (exact) mass is 312 g/mol. The second-order valence-corrected chi connectivity index (χ2v) is 5.57. The number of likely N-dealkylation sites (N-methyl/N-ethyl adjacent to an activating group) is 1. The quantitative estimate of drug-likeness (QED) is 0.746. The van der Waals surface area contributed by atoms with Gasteiger partial charge in [0.25, 0.3) is 0 Å². The number of rotatable bonds is 8. The maximum Gasteiger partial charge on any atom is 0.239 e. The van der Waals surface area contributed by atoms with Crippen molar-refractivity contribution in [3.05, 3.63) is 35.9 Å². The first kappa shape index (κ1) is 18.0. The molecule has 0 bridgehead atoms. The number of halogens is 1. The van der Waals surface area contributed by atoms with Crippen LogP contribution >= 0.6 is 12.4 Å². The van der Waals surface area contributed by atoms with Crippen molar-refractivity contribution < 1.29 is 9.53 Å². The second kappa shape index (κ2) is 9.03. The summed E-state index contributed by atoms with van der Waals surface area (Å²) in [5, 5.41) is 0. The topological polar surface area (TPSA) is 55.6 Å². The summed E-state index contributed by atoms with van der Waals surface area (Å²) in [5.41, 5.74) is 7.07. The van der Waals surface area contributed by atoms with Gasteiger partial charge in [0.2, 0.25) is 5.91 Å². The fourth-order valence-corrected chi connectivity index (χ4v) is 2.08. The van der Waals surface area contributed by atoms with Gasteiger partial charge in [-0.1, -0.05) is 30.3 Å². The first-order chi connectivity index (χ1) is 9.66. The molecule has 0 radical (unpaired) electrons. The molecule has 0 saturated heterocycles. The molecule has 0 heterocycles. The summed E-state index contributed by atoms with van der Waals surface area (Å²) in [6.45, 7) is 2.03. The van der Waals surface area contributed by atoms with Crippen molar-refractivity contribution in [2.24, 2.45) is 11.7 Å². The van der Waals surface area contributed by atoms with Gasteiger partial charge in [0, 0.05) is 20.2 Å². The van der Waals surface area contributed by atoms with Gasteiger partial charge in [-0.25, -0.2) is 0 Å². The minimum absolute atomic E-state index is 0. The highest BCUT2D eigenvalue weighted by Crippen LogP contribution is 2.28. The first-order valence-corrected chi connectivity index (χ1v) is 7.29. The second-order valence-electron chi connectivity index (χ2n) is 5.57. The molecular formula is C16H25ClN2O2. The Labute approximate surface area is 133 Å². The van der Waals surface area contributed by atoms with Crippen LogP contribution in [0.1, 0.15) is 18.4 Å². The minimum atomic E-state index is -0.481. The fraction of sp³-hybridized carbons (Fsp3) is 0.562. The van der Waals surface area contributed by atoms with E-state index in [0.29, 0.717) is 19.6 Å². The van der Waals surface area contributed by atoms with E-state index in [0.717, 1.165) is 18.1 Å². The number of nitrogens with zero attached hydrogens (tertiary/aromatic N) is 1. The lowest BCUT2D eigenvalue weighted by Gasteiger charge is -2.21. The largest absolute Gasteiger partial charge is 0.379 e. The van der Waals surface area contributed by atoms with Crippen LogP contribution in [-0.4, -0.2) is 43.7 Å². The molecule has 21 heavy (non-hydrogen) atoms. The van der Waals surface area contributed by atoms with Gasteiger partial charge in [-0.15, -0.1) is 12.4 Å². The predicted molar refractivity (Wildman–Crippen MR) is 86.5 cm³/mol. The lowest BCUT2D eigenvalue weighted by atomic mass is 10.1. The third-order valence-corrected chi connectivity index (χ3v) is 3.61. The van der Waals surface area contributed by atoms with Gasteiger partial charge in [0.1, 0.15) is 0 Å². The molecule has 0 aromatic heterocycles. The van der Waals surface area contributed by atoms with E-state index in [1.165, 1.54) is 12.8 Å². The summed E-state index contributed by atoms with van der Waals surface area (Å²) in [4.78, 5) is 13.8. The van der Waals surface area contributed by atoms with E-state index < -0.39 is 6.04 Å². The Morgan fingerprint density at radius 3 is 2.67 bits per heavy atom. The molecule has 0 unspecified atom stereocenters. The highest BCUT2D eigenvalue weighted by Gasteiger charge is 2.22. The van der Waals surface area contributed by atoms with Gasteiger partial charge in [0.15, 0.2) is 0 Å². The van der Waals surface area contributed by atoms with E-state index in [1.807, 2.05) is 30.3 Å². The third-order valence-electron chi connectivity index (χ3n) is 3.61. The van der Waals surface area contributed by atoms with Crippen molar-refractivity contribution in [1.82, 2.24) is 4.90 Å². The van der Waals surface area contributed by atoms with Crippen molar-refractivity contribution in [3.63, 3.8) is 0 Å². The summed E-state index contributed by atoms with van der Waals surface area (Å²) in [5.74, 6) is 0.736. The zero-order chi connectivity index (χ0) is 14.4. The maximum absolute atomic E-state index is 12.1. The molecule has 1 amide bonds. The lowest BCUT2D eigenvalue weighted by molar-refractivity contribution is -0.131. The molecule has 1 atom stereocenters. The lowest BCUT2D eigenvalue weighted by Crippen LogP contribution is -2.44. The predicted octanol–water partition coefficient (Wildman–Crippen LogP) is 1.86. The van der Waals surface area contributed by atoms with Crippen molar-refractivity contribution in [2.75, 3.05) is 26.8 Å². The van der Waals surface area contributed by atoms with Crippen LogP contribution < -0.4 is 5.73 Å². The summed E-state index contributed by atoms with van der Waals surface area (Å²) in [6.07, 6.45) is 3.15. The van der Waals surface area contributed by atoms with Gasteiger partial charge in [-0.2, -0.15) is 0 Å². The Morgan fingerprint density at radius 2 is 2.05 bits per heavy atom. The van der Waals surface area contributed by atoms with Crippen LogP contribution in [0.25, 0.3) is 0 Å². The van der Waals surface area contributed by atoms with Gasteiger partial charge >= 0.3 is 0 Å². The zero-order valence-electron chi connectivity index (χ0n) is 12.5. The van der Waals surface area contributed by atoms with Crippen molar-refractivity contribution in [2.45, 2.75) is 25.3 Å². The molecule has 1 fully saturated rings. The van der Waals surface area contributed by atoms with Gasteiger partial charge in [-0.3, -0.25) is 4.79 Å². The minimum Gasteiger partial charge on any atom is -0.379 e. The molecule has 1 aromatic carbocycles. The third kappa shape index (κ3) is 6.46. The number of nitrogens with two attached hydrogens (primary N) is 1. The molecule has 0 spiro atoms. The molecule has 0 aliphatic heterocycles. The van der Waals surface area contributed by atoms with Gasteiger partial charge < -0.3 is 15.4 Å². The average molecular weight is 313 g/mol. The summed E-state index contributed by atoms with van der Waals surface area (Å²) < 4.78 is 5.54. The Kier molecular flexibility index (Phi) is 7.72. The van der Waals surface area contributed by atoms with Crippen LogP contribution in [-0.2, 0) is 16.0 Å². The van der Waals surface area contributed by atoms with E-state index in [9.17, 15) is 4.79 Å². The van der Waals surface area contributed by atoms with E-state index in [1.54, 1.807) is 11.9 Å². The molecule has 1 aromatic rings. The highest BCUT2D eigenvalue weighted by molar-refractivity contribution is 5.85. The van der Waals surface area contributed by atoms with Crippen LogP contribution in [0.2, 0.25) is 0 Å². The molecule has 2 N–H and O–H groups in total. The molecule has 4 nitrogen and oxygen atoms in total. The maximum atomic E-state index is 12.1. The normalized spacial score (nSPS) is 15.1. The number of carbonyl (C=O) groups is 1. The van der Waals surface area contributed by atoms with E-state index in [4.69, 9.17) is 10.5 Å². The molecule has 5 heteroatoms. The SMILES string of the molecule is CN(CCOCC1CC1)C(=O)[C@@H](N)Cc1ccccc1.Cl. The van der Waals surface area contributed by atoms with E-state index in [2.05, 4.69) is 0 Å². The fourth-order valence-electron chi connectivity index (χ4n) is 2.08. The number of carbonyl (C=O) groups excluding carboxylic acids is 1. The smallest absolute Gasteiger partial charge is 0.239 e. The van der Waals surface area contributed by atoms with Crippen molar-refractivity contribution >= 4 is 18.3 Å². The number of ether oxygens (including phenoxy) is 1. The zero-order valence-corrected chi connectivity index (χ0v) is 13.3. The Bertz CT molecular complexity index is 424. The number of amides is 1. The molecular weight excluding hydrogens is 288 g/mol. The highest BCUT2D eigenvalue weighted by atomic mass is 35.5. The van der Waals surface area contributed by atoms with E-state index >= 15 is 0 Å². The molecule has 1 aliphatic carbocycles. The Balaban J connectivity index is 0.00000220. The van der Waals surface area contributed by atoms with Crippen LogP contribution in [0, 0.1) is 5.92 Å². The van der Waals surface area contributed by atoms with Crippen LogP contribution in [0.5, 0.6) is 0 Å². The van der Waals surface area contributed by atoms with Crippen molar-refractivity contribution in [3.8, 4) is 0 Å². The van der Waals surface area contributed by atoms with Crippen LogP contribution in [0.15, 0.2) is 30.3 Å². The average Bonchev–Trinajstić information content (AvgIpc) is 3.27. The first-order valence-electron chi connectivity index (χ1n) is 7.29. The van der Waals surface area contributed by atoms with Gasteiger partial charge in [-0.05, 0) is 30.7 Å². The Hall–Kier alpha value is -1.10. The molecule has 1 aliphatic rings. The van der Waals surface area contributed by atoms with Gasteiger partial charge in [0.05, 0.1) is 12.6 Å². The number of hydrogen-bond acceptors (Lipinski definition) is 3. The summed E-state index contributed by atoms with van der Waals surface area (Å²) in [7, 11) is 1.79. The summed E-state index contributed by atoms with van der Waals surface area (Å²) in [6, 6.07) is 9.38. The van der Waals surface area contributed by atoms with Crippen LogP contribution in [0.4, 0.5) is 0 Å². The standard InChI is InChI=1S/C16H24N2O2.ClH/c1-18(9-10-20-12-14-7-8-14)16(19)15(17)11-13-5-3-2-4-6-13;/h2-6,14-15H,7-12,17H2,1H3;1H/t15-;/m0./s1. The van der Waals surface area contributed by atoms with E-state index in [-0.39, 0.29) is 18.3 Å². The molecule has 118 valence electrons. The number of benzene rings is 1. The Morgan fingerprint density at radius 1 is 1.38 bits per heavy atom. The van der Waals surface area contributed by atoms with Crippen LogP contribution in [0.3, 0.4) is 0 Å². The number of hydrogen-bond donors (Lipinski definition) is 1.